The molecule has 140 valence electrons. The van der Waals surface area contributed by atoms with E-state index in [2.05, 4.69) is 10.3 Å². The summed E-state index contributed by atoms with van der Waals surface area (Å²) in [6, 6.07) is 11.0. The molecule has 2 aromatic carbocycles. The Morgan fingerprint density at radius 1 is 1.07 bits per heavy atom. The average Bonchev–Trinajstić information content (AvgIpc) is 2.67. The minimum absolute atomic E-state index is 0.0909. The van der Waals surface area contributed by atoms with Crippen LogP contribution in [0.4, 0.5) is 17.1 Å². The molecule has 3 rings (SSSR count). The molecule has 0 amide bonds. The van der Waals surface area contributed by atoms with Gasteiger partial charge in [-0.1, -0.05) is 0 Å². The molecule has 7 heteroatoms. The van der Waals surface area contributed by atoms with Gasteiger partial charge in [0.25, 0.3) is 0 Å². The van der Waals surface area contributed by atoms with Crippen molar-refractivity contribution >= 4 is 33.9 Å². The lowest BCUT2D eigenvalue weighted by atomic mass is 10.1. The van der Waals surface area contributed by atoms with E-state index in [1.807, 2.05) is 37.2 Å². The lowest BCUT2D eigenvalue weighted by Crippen LogP contribution is -2.09. The molecule has 0 bridgehead atoms. The van der Waals surface area contributed by atoms with E-state index in [0.29, 0.717) is 28.4 Å². The molecule has 0 aliphatic rings. The first-order valence-corrected chi connectivity index (χ1v) is 8.27. The van der Waals surface area contributed by atoms with E-state index in [-0.39, 0.29) is 5.56 Å². The van der Waals surface area contributed by atoms with Crippen molar-refractivity contribution in [2.75, 3.05) is 38.5 Å². The lowest BCUT2D eigenvalue weighted by Gasteiger charge is -2.17. The molecule has 27 heavy (non-hydrogen) atoms. The van der Waals surface area contributed by atoms with E-state index in [1.54, 1.807) is 32.4 Å². The van der Waals surface area contributed by atoms with Crippen LogP contribution in [0.3, 0.4) is 0 Å². The number of methoxy groups -OCH3 is 2. The number of anilines is 3. The summed E-state index contributed by atoms with van der Waals surface area (Å²) in [4.78, 5) is 18.0. The predicted molar refractivity (Wildman–Crippen MR) is 106 cm³/mol. The number of pyridine rings is 1. The zero-order valence-corrected chi connectivity index (χ0v) is 15.6. The Morgan fingerprint density at radius 2 is 1.81 bits per heavy atom. The number of hydrogen-bond acceptors (Lipinski definition) is 6. The summed E-state index contributed by atoms with van der Waals surface area (Å²) in [5.74, 6) is 0.0883. The van der Waals surface area contributed by atoms with Crippen LogP contribution < -0.4 is 19.7 Å². The van der Waals surface area contributed by atoms with Gasteiger partial charge < -0.3 is 24.8 Å². The number of hydrogen-bond donors (Lipinski definition) is 2. The molecular formula is C20H21N3O4. The van der Waals surface area contributed by atoms with E-state index in [1.165, 1.54) is 6.20 Å². The second-order valence-corrected chi connectivity index (χ2v) is 6.14. The Kier molecular flexibility index (Phi) is 5.03. The maximum atomic E-state index is 11.8. The fourth-order valence-electron chi connectivity index (χ4n) is 2.81. The SMILES string of the molecule is COc1ccc(Nc2c(C(=O)O)cnc3ccc(N(C)C)cc23)cc1OC. The molecular weight excluding hydrogens is 346 g/mol. The Hall–Kier alpha value is -3.48. The Labute approximate surface area is 157 Å². The molecule has 0 saturated heterocycles. The van der Waals surface area contributed by atoms with Crippen LogP contribution in [-0.2, 0) is 0 Å². The van der Waals surface area contributed by atoms with Crippen molar-refractivity contribution in [3.63, 3.8) is 0 Å². The zero-order valence-electron chi connectivity index (χ0n) is 15.6. The number of carboxylic acids is 1. The first-order valence-electron chi connectivity index (χ1n) is 8.27. The molecule has 0 spiro atoms. The van der Waals surface area contributed by atoms with Crippen molar-refractivity contribution in [3.8, 4) is 11.5 Å². The van der Waals surface area contributed by atoms with Crippen LogP contribution in [0.15, 0.2) is 42.6 Å². The second kappa shape index (κ2) is 7.41. The van der Waals surface area contributed by atoms with Gasteiger partial charge in [0, 0.05) is 43.1 Å². The van der Waals surface area contributed by atoms with Crippen molar-refractivity contribution in [2.45, 2.75) is 0 Å². The van der Waals surface area contributed by atoms with Crippen LogP contribution in [0.2, 0.25) is 0 Å². The highest BCUT2D eigenvalue weighted by Gasteiger charge is 2.16. The van der Waals surface area contributed by atoms with Crippen molar-refractivity contribution < 1.29 is 19.4 Å². The van der Waals surface area contributed by atoms with Gasteiger partial charge in [-0.15, -0.1) is 0 Å². The first-order chi connectivity index (χ1) is 12.9. The zero-order chi connectivity index (χ0) is 19.6. The highest BCUT2D eigenvalue weighted by molar-refractivity contribution is 6.06. The number of carbonyl (C=O) groups is 1. The normalized spacial score (nSPS) is 10.5. The molecule has 0 fully saturated rings. The number of ether oxygens (including phenoxy) is 2. The third-order valence-corrected chi connectivity index (χ3v) is 4.25. The average molecular weight is 367 g/mol. The molecule has 0 aliphatic carbocycles. The largest absolute Gasteiger partial charge is 0.493 e. The van der Waals surface area contributed by atoms with Crippen LogP contribution in [0.5, 0.6) is 11.5 Å². The van der Waals surface area contributed by atoms with Gasteiger partial charge in [-0.2, -0.15) is 0 Å². The lowest BCUT2D eigenvalue weighted by molar-refractivity contribution is 0.0697. The minimum atomic E-state index is -1.05. The van der Waals surface area contributed by atoms with Gasteiger partial charge in [-0.25, -0.2) is 4.79 Å². The van der Waals surface area contributed by atoms with Crippen LogP contribution in [0, 0.1) is 0 Å². The van der Waals surface area contributed by atoms with Crippen molar-refractivity contribution in [1.82, 2.24) is 4.98 Å². The van der Waals surface area contributed by atoms with Gasteiger partial charge in [0.1, 0.15) is 5.56 Å². The highest BCUT2D eigenvalue weighted by atomic mass is 16.5. The Bertz CT molecular complexity index is 1000. The number of carboxylic acid groups (broad SMARTS) is 1. The molecule has 0 aliphatic heterocycles. The Morgan fingerprint density at radius 3 is 2.44 bits per heavy atom. The maximum Gasteiger partial charge on any atom is 0.339 e. The van der Waals surface area contributed by atoms with Gasteiger partial charge in [0.05, 0.1) is 25.4 Å². The molecule has 0 radical (unpaired) electrons. The molecule has 2 N–H and O–H groups in total. The summed E-state index contributed by atoms with van der Waals surface area (Å²) in [6.07, 6.45) is 1.36. The summed E-state index contributed by atoms with van der Waals surface area (Å²) in [5.41, 5.74) is 2.89. The van der Waals surface area contributed by atoms with Crippen molar-refractivity contribution in [2.24, 2.45) is 0 Å². The molecule has 1 heterocycles. The van der Waals surface area contributed by atoms with Crippen LogP contribution >= 0.6 is 0 Å². The van der Waals surface area contributed by atoms with Gasteiger partial charge in [0.2, 0.25) is 0 Å². The molecule has 7 nitrogen and oxygen atoms in total. The molecule has 0 atom stereocenters. The summed E-state index contributed by atoms with van der Waals surface area (Å²) in [7, 11) is 6.97. The minimum Gasteiger partial charge on any atom is -0.493 e. The number of nitrogens with one attached hydrogen (secondary N) is 1. The number of rotatable bonds is 6. The third-order valence-electron chi connectivity index (χ3n) is 4.25. The van der Waals surface area contributed by atoms with Gasteiger partial charge in [-0.3, -0.25) is 4.98 Å². The van der Waals surface area contributed by atoms with E-state index < -0.39 is 5.97 Å². The number of aromatic carboxylic acids is 1. The van der Waals surface area contributed by atoms with Gasteiger partial charge in [0.15, 0.2) is 11.5 Å². The quantitative estimate of drug-likeness (QED) is 0.686. The smallest absolute Gasteiger partial charge is 0.339 e. The number of nitrogens with zero attached hydrogens (tertiary/aromatic N) is 2. The van der Waals surface area contributed by atoms with Crippen molar-refractivity contribution in [1.29, 1.82) is 0 Å². The van der Waals surface area contributed by atoms with Gasteiger partial charge in [-0.05, 0) is 30.3 Å². The fourth-order valence-corrected chi connectivity index (χ4v) is 2.81. The molecule has 0 unspecified atom stereocenters. The number of aromatic nitrogens is 1. The first kappa shape index (κ1) is 18.3. The summed E-state index contributed by atoms with van der Waals surface area (Å²) in [6.45, 7) is 0. The van der Waals surface area contributed by atoms with Crippen LogP contribution in [0.25, 0.3) is 10.9 Å². The van der Waals surface area contributed by atoms with E-state index >= 15 is 0 Å². The standard InChI is InChI=1S/C20H21N3O4/c1-23(2)13-6-7-16-14(10-13)19(15(11-21-16)20(24)25)22-12-5-8-17(26-3)18(9-12)27-4/h5-11H,1-4H3,(H,21,22)(H,24,25). The van der Waals surface area contributed by atoms with E-state index in [4.69, 9.17) is 9.47 Å². The summed E-state index contributed by atoms with van der Waals surface area (Å²) in [5, 5.41) is 13.6. The van der Waals surface area contributed by atoms with Crippen LogP contribution in [-0.4, -0.2) is 44.4 Å². The topological polar surface area (TPSA) is 83.9 Å². The third kappa shape index (κ3) is 3.57. The van der Waals surface area contributed by atoms with Gasteiger partial charge >= 0.3 is 5.97 Å². The fraction of sp³-hybridized carbons (Fsp3) is 0.200. The predicted octanol–water partition coefficient (Wildman–Crippen LogP) is 3.76. The highest BCUT2D eigenvalue weighted by Crippen LogP contribution is 2.35. The van der Waals surface area contributed by atoms with E-state index in [9.17, 15) is 9.90 Å². The second-order valence-electron chi connectivity index (χ2n) is 6.14. The summed E-state index contributed by atoms with van der Waals surface area (Å²) >= 11 is 0. The molecule has 1 aromatic heterocycles. The van der Waals surface area contributed by atoms with Crippen molar-refractivity contribution in [3.05, 3.63) is 48.2 Å². The summed E-state index contributed by atoms with van der Waals surface area (Å²) < 4.78 is 10.6. The maximum absolute atomic E-state index is 11.8. The van der Waals surface area contributed by atoms with E-state index in [0.717, 1.165) is 11.1 Å². The monoisotopic (exact) mass is 367 g/mol. The molecule has 0 saturated carbocycles. The molecule has 3 aromatic rings. The number of fused-ring (bicyclic) bond motifs is 1. The Balaban J connectivity index is 2.17. The van der Waals surface area contributed by atoms with Crippen LogP contribution in [0.1, 0.15) is 10.4 Å². The number of benzene rings is 2.